The number of carbonyl (C=O) groups is 1. The monoisotopic (exact) mass is 343 g/mol. The van der Waals surface area contributed by atoms with Gasteiger partial charge in [-0.25, -0.2) is 0 Å². The summed E-state index contributed by atoms with van der Waals surface area (Å²) in [4.78, 5) is 15.0. The fourth-order valence-corrected chi connectivity index (χ4v) is 4.73. The third kappa shape index (κ3) is 2.65. The fourth-order valence-electron chi connectivity index (χ4n) is 4.73. The Morgan fingerprint density at radius 2 is 2.12 bits per heavy atom. The minimum atomic E-state index is 0.158. The van der Waals surface area contributed by atoms with Crippen molar-refractivity contribution in [2.45, 2.75) is 51.9 Å². The van der Waals surface area contributed by atoms with Crippen molar-refractivity contribution in [3.05, 3.63) is 29.2 Å². The molecule has 2 aliphatic rings. The zero-order valence-corrected chi connectivity index (χ0v) is 15.2. The minimum absolute atomic E-state index is 0.158. The van der Waals surface area contributed by atoms with Gasteiger partial charge in [-0.05, 0) is 32.1 Å². The lowest BCUT2D eigenvalue weighted by Crippen LogP contribution is -2.32. The summed E-state index contributed by atoms with van der Waals surface area (Å²) in [6.07, 6.45) is 6.93. The first-order chi connectivity index (χ1) is 12.0. The van der Waals surface area contributed by atoms with Crippen molar-refractivity contribution in [3.8, 4) is 0 Å². The summed E-state index contributed by atoms with van der Waals surface area (Å²) in [5.74, 6) is 2.18. The number of amides is 1. The van der Waals surface area contributed by atoms with Crippen molar-refractivity contribution in [2.24, 2.45) is 12.5 Å². The molecular formula is C18H25N5O2. The van der Waals surface area contributed by atoms with E-state index in [1.54, 1.807) is 6.33 Å². The molecule has 0 bridgehead atoms. The first-order valence-electron chi connectivity index (χ1n) is 9.03. The first-order valence-corrected chi connectivity index (χ1v) is 9.03. The molecule has 0 aromatic carbocycles. The van der Waals surface area contributed by atoms with Crippen LogP contribution in [-0.2, 0) is 18.3 Å². The van der Waals surface area contributed by atoms with Crippen molar-refractivity contribution >= 4 is 5.91 Å². The summed E-state index contributed by atoms with van der Waals surface area (Å²) >= 11 is 0. The molecule has 1 spiro atoms. The van der Waals surface area contributed by atoms with Crippen LogP contribution in [0.4, 0.5) is 0 Å². The second-order valence-corrected chi connectivity index (χ2v) is 7.68. The molecule has 7 nitrogen and oxygen atoms in total. The quantitative estimate of drug-likeness (QED) is 0.853. The van der Waals surface area contributed by atoms with Crippen LogP contribution in [0.5, 0.6) is 0 Å². The van der Waals surface area contributed by atoms with E-state index in [4.69, 9.17) is 4.52 Å². The van der Waals surface area contributed by atoms with Gasteiger partial charge in [0.1, 0.15) is 17.9 Å². The Labute approximate surface area is 147 Å². The van der Waals surface area contributed by atoms with Crippen LogP contribution < -0.4 is 0 Å². The third-order valence-electron chi connectivity index (χ3n) is 6.17. The molecule has 1 aliphatic heterocycles. The third-order valence-corrected chi connectivity index (χ3v) is 6.17. The van der Waals surface area contributed by atoms with Gasteiger partial charge in [-0.15, -0.1) is 10.2 Å². The molecule has 2 aromatic heterocycles. The van der Waals surface area contributed by atoms with Crippen LogP contribution in [0.15, 0.2) is 10.9 Å². The Hall–Kier alpha value is -2.18. The average Bonchev–Trinajstić information content (AvgIpc) is 3.35. The highest BCUT2D eigenvalue weighted by Gasteiger charge is 2.51. The molecule has 25 heavy (non-hydrogen) atoms. The number of likely N-dealkylation sites (tertiary alicyclic amines) is 1. The maximum absolute atomic E-state index is 13.0. The van der Waals surface area contributed by atoms with Gasteiger partial charge in [0.2, 0.25) is 5.91 Å². The Balaban J connectivity index is 1.58. The van der Waals surface area contributed by atoms with Gasteiger partial charge in [0.25, 0.3) is 0 Å². The molecule has 134 valence electrons. The molecular weight excluding hydrogens is 318 g/mol. The molecule has 1 amide bonds. The Kier molecular flexibility index (Phi) is 3.89. The van der Waals surface area contributed by atoms with E-state index < -0.39 is 0 Å². The molecule has 1 saturated heterocycles. The summed E-state index contributed by atoms with van der Waals surface area (Å²) in [6.45, 7) is 5.32. The molecule has 1 unspecified atom stereocenters. The Morgan fingerprint density at radius 1 is 1.36 bits per heavy atom. The highest BCUT2D eigenvalue weighted by Crippen LogP contribution is 2.52. The number of aromatic nitrogens is 4. The van der Waals surface area contributed by atoms with Gasteiger partial charge in [-0.3, -0.25) is 4.79 Å². The van der Waals surface area contributed by atoms with Crippen LogP contribution in [-0.4, -0.2) is 43.8 Å². The second kappa shape index (κ2) is 5.97. The van der Waals surface area contributed by atoms with Crippen LogP contribution in [0.2, 0.25) is 0 Å². The largest absolute Gasteiger partial charge is 0.361 e. The van der Waals surface area contributed by atoms with Gasteiger partial charge in [-0.1, -0.05) is 18.0 Å². The van der Waals surface area contributed by atoms with Crippen molar-refractivity contribution in [1.82, 2.24) is 24.8 Å². The van der Waals surface area contributed by atoms with Gasteiger partial charge >= 0.3 is 0 Å². The summed E-state index contributed by atoms with van der Waals surface area (Å²) in [6, 6.07) is 0. The summed E-state index contributed by atoms with van der Waals surface area (Å²) in [5, 5.41) is 12.4. The first kappa shape index (κ1) is 16.3. The zero-order valence-electron chi connectivity index (χ0n) is 15.2. The maximum Gasteiger partial charge on any atom is 0.227 e. The maximum atomic E-state index is 13.0. The van der Waals surface area contributed by atoms with E-state index in [1.807, 2.05) is 30.4 Å². The second-order valence-electron chi connectivity index (χ2n) is 7.68. The highest BCUT2D eigenvalue weighted by molar-refractivity contribution is 5.79. The van der Waals surface area contributed by atoms with Gasteiger partial charge in [-0.2, -0.15) is 0 Å². The number of aryl methyl sites for hydroxylation is 3. The number of carbonyl (C=O) groups excluding carboxylic acids is 1. The SMILES string of the molecule is Cc1noc(C)c1CC(=O)N1CC(c2nncn2C)C2(CCCC2)C1. The zero-order chi connectivity index (χ0) is 17.6. The van der Waals surface area contributed by atoms with Gasteiger partial charge in [0.05, 0.1) is 12.1 Å². The molecule has 0 N–H and O–H groups in total. The Morgan fingerprint density at radius 3 is 2.72 bits per heavy atom. The van der Waals surface area contributed by atoms with Gasteiger partial charge in [0, 0.05) is 31.6 Å². The topological polar surface area (TPSA) is 77.1 Å². The van der Waals surface area contributed by atoms with E-state index in [-0.39, 0.29) is 17.2 Å². The van der Waals surface area contributed by atoms with Crippen molar-refractivity contribution < 1.29 is 9.32 Å². The minimum Gasteiger partial charge on any atom is -0.361 e. The molecule has 1 atom stereocenters. The van der Waals surface area contributed by atoms with Crippen LogP contribution in [0.1, 0.15) is 54.4 Å². The van der Waals surface area contributed by atoms with Crippen LogP contribution >= 0.6 is 0 Å². The van der Waals surface area contributed by atoms with E-state index in [9.17, 15) is 4.79 Å². The predicted molar refractivity (Wildman–Crippen MR) is 90.9 cm³/mol. The lowest BCUT2D eigenvalue weighted by molar-refractivity contribution is -0.129. The van der Waals surface area contributed by atoms with Crippen LogP contribution in [0.3, 0.4) is 0 Å². The summed E-state index contributed by atoms with van der Waals surface area (Å²) in [5.41, 5.74) is 1.90. The van der Waals surface area contributed by atoms with E-state index >= 15 is 0 Å². The normalized spacial score (nSPS) is 22.2. The predicted octanol–water partition coefficient (Wildman–Crippen LogP) is 2.15. The summed E-state index contributed by atoms with van der Waals surface area (Å²) < 4.78 is 7.21. The van der Waals surface area contributed by atoms with E-state index in [1.165, 1.54) is 25.7 Å². The number of hydrogen-bond acceptors (Lipinski definition) is 5. The van der Waals surface area contributed by atoms with E-state index in [0.717, 1.165) is 35.9 Å². The molecule has 4 rings (SSSR count). The number of nitrogens with zero attached hydrogens (tertiary/aromatic N) is 5. The van der Waals surface area contributed by atoms with Crippen LogP contribution in [0, 0.1) is 19.3 Å². The standard InChI is InChI=1S/C18H25N5O2/c1-12-14(13(2)25-21-12)8-16(24)23-9-15(17-20-19-11-22(17)3)18(10-23)6-4-5-7-18/h11,15H,4-10H2,1-3H3. The molecule has 2 aromatic rings. The van der Waals surface area contributed by atoms with E-state index in [2.05, 4.69) is 15.4 Å². The van der Waals surface area contributed by atoms with Crippen molar-refractivity contribution in [1.29, 1.82) is 0 Å². The van der Waals surface area contributed by atoms with E-state index in [0.29, 0.717) is 6.42 Å². The Bertz CT molecular complexity index is 768. The molecule has 2 fully saturated rings. The number of rotatable bonds is 3. The fraction of sp³-hybridized carbons (Fsp3) is 0.667. The molecule has 3 heterocycles. The smallest absolute Gasteiger partial charge is 0.227 e. The van der Waals surface area contributed by atoms with Crippen molar-refractivity contribution in [2.75, 3.05) is 13.1 Å². The molecule has 7 heteroatoms. The molecule has 0 radical (unpaired) electrons. The van der Waals surface area contributed by atoms with Crippen molar-refractivity contribution in [3.63, 3.8) is 0 Å². The lowest BCUT2D eigenvalue weighted by atomic mass is 9.76. The molecule has 1 saturated carbocycles. The average molecular weight is 343 g/mol. The summed E-state index contributed by atoms with van der Waals surface area (Å²) in [7, 11) is 1.99. The van der Waals surface area contributed by atoms with Gasteiger partial charge < -0.3 is 14.0 Å². The lowest BCUT2D eigenvalue weighted by Gasteiger charge is -2.28. The number of hydrogen-bond donors (Lipinski definition) is 0. The van der Waals surface area contributed by atoms with Crippen LogP contribution in [0.25, 0.3) is 0 Å². The molecule has 1 aliphatic carbocycles. The van der Waals surface area contributed by atoms with Gasteiger partial charge in [0.15, 0.2) is 0 Å². The highest BCUT2D eigenvalue weighted by atomic mass is 16.5.